The van der Waals surface area contributed by atoms with E-state index in [2.05, 4.69) is 0 Å². The van der Waals surface area contributed by atoms with Crippen LogP contribution >= 0.6 is 0 Å². The minimum absolute atomic E-state index is 0.154. The summed E-state index contributed by atoms with van der Waals surface area (Å²) in [6, 6.07) is 14.3. The predicted octanol–water partition coefficient (Wildman–Crippen LogP) is 3.48. The smallest absolute Gasteiger partial charge is 0.335 e. The number of aromatic carboxylic acids is 1. The SMILES string of the molecule is O=C(O)c1ccc(OCc2ccccc2)c(C2OC=CO2)c1. The highest BCUT2D eigenvalue weighted by atomic mass is 16.7. The van der Waals surface area contributed by atoms with Crippen LogP contribution in [0.3, 0.4) is 0 Å². The monoisotopic (exact) mass is 298 g/mol. The molecule has 5 heteroatoms. The Morgan fingerprint density at radius 3 is 2.50 bits per heavy atom. The fourth-order valence-electron chi connectivity index (χ4n) is 2.12. The standard InChI is InChI=1S/C17H14O5/c18-16(19)13-6-7-15(14(10-13)17-20-8-9-21-17)22-11-12-4-2-1-3-5-12/h1-10,17H,11H2,(H,18,19). The van der Waals surface area contributed by atoms with E-state index in [1.807, 2.05) is 30.3 Å². The van der Waals surface area contributed by atoms with Gasteiger partial charge in [-0.3, -0.25) is 0 Å². The predicted molar refractivity (Wildman–Crippen MR) is 78.2 cm³/mol. The zero-order valence-corrected chi connectivity index (χ0v) is 11.6. The summed E-state index contributed by atoms with van der Waals surface area (Å²) in [4.78, 5) is 11.1. The highest BCUT2D eigenvalue weighted by molar-refractivity contribution is 5.88. The van der Waals surface area contributed by atoms with Crippen LogP contribution in [0.25, 0.3) is 0 Å². The highest BCUT2D eigenvalue weighted by Gasteiger charge is 2.22. The van der Waals surface area contributed by atoms with Crippen LogP contribution in [0.1, 0.15) is 27.8 Å². The highest BCUT2D eigenvalue weighted by Crippen LogP contribution is 2.33. The lowest BCUT2D eigenvalue weighted by molar-refractivity contribution is -0.0266. The molecule has 0 amide bonds. The minimum Gasteiger partial charge on any atom is -0.488 e. The quantitative estimate of drug-likeness (QED) is 0.915. The second kappa shape index (κ2) is 6.22. The molecule has 0 atom stereocenters. The third kappa shape index (κ3) is 3.03. The van der Waals surface area contributed by atoms with E-state index in [4.69, 9.17) is 19.3 Å². The summed E-state index contributed by atoms with van der Waals surface area (Å²) in [7, 11) is 0. The average Bonchev–Trinajstić information content (AvgIpc) is 3.08. The third-order valence-corrected chi connectivity index (χ3v) is 3.21. The molecule has 22 heavy (non-hydrogen) atoms. The molecule has 0 spiro atoms. The maximum Gasteiger partial charge on any atom is 0.335 e. The maximum atomic E-state index is 11.1. The van der Waals surface area contributed by atoms with Crippen molar-refractivity contribution in [2.75, 3.05) is 0 Å². The van der Waals surface area contributed by atoms with Gasteiger partial charge in [0, 0.05) is 0 Å². The molecule has 0 unspecified atom stereocenters. The Bertz CT molecular complexity index is 685. The van der Waals surface area contributed by atoms with E-state index in [0.717, 1.165) is 5.56 Å². The van der Waals surface area contributed by atoms with Gasteiger partial charge in [0.05, 0.1) is 11.1 Å². The molecule has 0 aromatic heterocycles. The van der Waals surface area contributed by atoms with E-state index in [1.54, 1.807) is 6.07 Å². The average molecular weight is 298 g/mol. The molecule has 2 aromatic carbocycles. The van der Waals surface area contributed by atoms with Crippen LogP contribution in [0, 0.1) is 0 Å². The van der Waals surface area contributed by atoms with E-state index in [-0.39, 0.29) is 5.56 Å². The van der Waals surface area contributed by atoms with Crippen molar-refractivity contribution in [1.29, 1.82) is 0 Å². The van der Waals surface area contributed by atoms with Crippen LogP contribution in [-0.4, -0.2) is 11.1 Å². The number of carboxylic acid groups (broad SMARTS) is 1. The summed E-state index contributed by atoms with van der Waals surface area (Å²) in [5.41, 5.74) is 1.71. The normalized spacial score (nSPS) is 13.5. The molecule has 3 rings (SSSR count). The summed E-state index contributed by atoms with van der Waals surface area (Å²) >= 11 is 0. The van der Waals surface area contributed by atoms with Crippen LogP contribution in [0.15, 0.2) is 61.1 Å². The zero-order valence-electron chi connectivity index (χ0n) is 11.6. The fourth-order valence-corrected chi connectivity index (χ4v) is 2.12. The van der Waals surface area contributed by atoms with Crippen molar-refractivity contribution in [3.8, 4) is 5.75 Å². The van der Waals surface area contributed by atoms with Gasteiger partial charge in [-0.05, 0) is 23.8 Å². The number of benzene rings is 2. The molecule has 0 radical (unpaired) electrons. The summed E-state index contributed by atoms with van der Waals surface area (Å²) in [5.74, 6) is -0.482. The first-order valence-electron chi connectivity index (χ1n) is 6.74. The van der Waals surface area contributed by atoms with Crippen molar-refractivity contribution >= 4 is 5.97 Å². The Balaban J connectivity index is 1.84. The summed E-state index contributed by atoms with van der Waals surface area (Å²) in [5, 5.41) is 9.11. The molecule has 1 aliphatic heterocycles. The van der Waals surface area contributed by atoms with Crippen LogP contribution in [-0.2, 0) is 16.1 Å². The third-order valence-electron chi connectivity index (χ3n) is 3.21. The molecule has 0 saturated heterocycles. The van der Waals surface area contributed by atoms with Crippen molar-refractivity contribution in [2.45, 2.75) is 12.9 Å². The van der Waals surface area contributed by atoms with Crippen molar-refractivity contribution < 1.29 is 24.1 Å². The van der Waals surface area contributed by atoms with E-state index >= 15 is 0 Å². The summed E-state index contributed by atoms with van der Waals surface area (Å²) < 4.78 is 16.4. The van der Waals surface area contributed by atoms with Crippen LogP contribution < -0.4 is 4.74 Å². The lowest BCUT2D eigenvalue weighted by Crippen LogP contribution is -2.06. The molecule has 1 N–H and O–H groups in total. The number of rotatable bonds is 5. The first kappa shape index (κ1) is 14.0. The second-order valence-corrected chi connectivity index (χ2v) is 4.71. The Kier molecular flexibility index (Phi) is 3.96. The van der Waals surface area contributed by atoms with Gasteiger partial charge in [0.25, 0.3) is 6.29 Å². The van der Waals surface area contributed by atoms with Gasteiger partial charge < -0.3 is 19.3 Å². The van der Waals surface area contributed by atoms with E-state index < -0.39 is 12.3 Å². The molecular formula is C17H14O5. The lowest BCUT2D eigenvalue weighted by Gasteiger charge is -2.16. The molecule has 112 valence electrons. The summed E-state index contributed by atoms with van der Waals surface area (Å²) in [6.45, 7) is 0.375. The Morgan fingerprint density at radius 1 is 1.09 bits per heavy atom. The van der Waals surface area contributed by atoms with Crippen LogP contribution in [0.4, 0.5) is 0 Å². The Labute approximate surface area is 127 Å². The van der Waals surface area contributed by atoms with E-state index in [9.17, 15) is 4.79 Å². The van der Waals surface area contributed by atoms with Gasteiger partial charge in [0.2, 0.25) is 0 Å². The Hall–Kier alpha value is -2.95. The van der Waals surface area contributed by atoms with Gasteiger partial charge >= 0.3 is 5.97 Å². The van der Waals surface area contributed by atoms with Gasteiger partial charge in [0.15, 0.2) is 0 Å². The van der Waals surface area contributed by atoms with Crippen molar-refractivity contribution in [1.82, 2.24) is 0 Å². The van der Waals surface area contributed by atoms with Crippen molar-refractivity contribution in [2.24, 2.45) is 0 Å². The van der Waals surface area contributed by atoms with Crippen LogP contribution in [0.2, 0.25) is 0 Å². The number of carboxylic acids is 1. The molecule has 1 aliphatic rings. The van der Waals surface area contributed by atoms with Gasteiger partial charge in [-0.2, -0.15) is 0 Å². The van der Waals surface area contributed by atoms with E-state index in [0.29, 0.717) is 17.9 Å². The topological polar surface area (TPSA) is 65.0 Å². The molecule has 0 aliphatic carbocycles. The molecule has 2 aromatic rings. The lowest BCUT2D eigenvalue weighted by atomic mass is 10.1. The number of hydrogen-bond acceptors (Lipinski definition) is 4. The number of carbonyl (C=O) groups is 1. The van der Waals surface area contributed by atoms with Gasteiger partial charge in [0.1, 0.15) is 24.9 Å². The maximum absolute atomic E-state index is 11.1. The molecule has 0 saturated carbocycles. The minimum atomic E-state index is -1.01. The zero-order chi connectivity index (χ0) is 15.4. The molecule has 1 heterocycles. The van der Waals surface area contributed by atoms with Gasteiger partial charge in [-0.1, -0.05) is 30.3 Å². The van der Waals surface area contributed by atoms with Crippen molar-refractivity contribution in [3.63, 3.8) is 0 Å². The van der Waals surface area contributed by atoms with E-state index in [1.165, 1.54) is 24.7 Å². The molecular weight excluding hydrogens is 284 g/mol. The fraction of sp³-hybridized carbons (Fsp3) is 0.118. The van der Waals surface area contributed by atoms with Crippen molar-refractivity contribution in [3.05, 3.63) is 77.7 Å². The first-order chi connectivity index (χ1) is 10.7. The molecule has 5 nitrogen and oxygen atoms in total. The van der Waals surface area contributed by atoms with Gasteiger partial charge in [-0.25, -0.2) is 4.79 Å². The second-order valence-electron chi connectivity index (χ2n) is 4.71. The molecule has 0 fully saturated rings. The first-order valence-corrected chi connectivity index (χ1v) is 6.74. The Morgan fingerprint density at radius 2 is 1.82 bits per heavy atom. The summed E-state index contributed by atoms with van der Waals surface area (Å²) in [6.07, 6.45) is 2.14. The van der Waals surface area contributed by atoms with Crippen LogP contribution in [0.5, 0.6) is 5.75 Å². The largest absolute Gasteiger partial charge is 0.488 e. The van der Waals surface area contributed by atoms with Gasteiger partial charge in [-0.15, -0.1) is 0 Å². The number of ether oxygens (including phenoxy) is 3. The number of hydrogen-bond donors (Lipinski definition) is 1. The molecule has 0 bridgehead atoms.